The molecule has 432 valence electrons. The average Bonchev–Trinajstić information content (AvgIpc) is 3.42. The van der Waals surface area contributed by atoms with Crippen LogP contribution in [0.5, 0.6) is 0 Å². The van der Waals surface area contributed by atoms with Crippen LogP contribution in [0.4, 0.5) is 0 Å². The summed E-state index contributed by atoms with van der Waals surface area (Å²) in [5.74, 6) is -9.10. The van der Waals surface area contributed by atoms with E-state index in [2.05, 4.69) is 54.4 Å². The minimum atomic E-state index is -1.97. The molecule has 13 atom stereocenters. The van der Waals surface area contributed by atoms with Crippen LogP contribution in [0.1, 0.15) is 91.5 Å². The number of aldehydes is 6. The van der Waals surface area contributed by atoms with Crippen molar-refractivity contribution in [3.8, 4) is 0 Å². The van der Waals surface area contributed by atoms with Crippen molar-refractivity contribution >= 4 is 84.7 Å². The zero-order chi connectivity index (χ0) is 58.9. The lowest BCUT2D eigenvalue weighted by Crippen LogP contribution is -2.63. The van der Waals surface area contributed by atoms with E-state index in [9.17, 15) is 77.3 Å². The predicted molar refractivity (Wildman–Crippen MR) is 282 cm³/mol. The van der Waals surface area contributed by atoms with Gasteiger partial charge in [0.25, 0.3) is 0 Å². The number of aliphatic hydroxyl groups excluding tert-OH is 1. The molecule has 78 heavy (non-hydrogen) atoms. The number of primary amides is 1. The van der Waals surface area contributed by atoms with Crippen LogP contribution in [0.25, 0.3) is 0 Å². The van der Waals surface area contributed by atoms with Crippen LogP contribution in [-0.2, 0) is 73.5 Å². The average molecular weight is 1100 g/mol. The molecule has 0 radical (unpaired) electrons. The van der Waals surface area contributed by atoms with Gasteiger partial charge in [-0.2, -0.15) is 0 Å². The second kappa shape index (κ2) is 37.8. The normalized spacial score (nSPS) is 16.2. The van der Waals surface area contributed by atoms with Crippen LogP contribution < -0.4 is 53.6 Å². The molecule has 0 heterocycles. The third-order valence-electron chi connectivity index (χ3n) is 12.5. The molecule has 13 N–H and O–H groups in total. The maximum atomic E-state index is 14.8. The summed E-state index contributed by atoms with van der Waals surface area (Å²) in [7, 11) is 0. The summed E-state index contributed by atoms with van der Waals surface area (Å²) in [6.07, 6.45) is -3.49. The van der Waals surface area contributed by atoms with Gasteiger partial charge in [0.1, 0.15) is 50.0 Å². The standard InChI is InChI=1S/C52H78N10O16/c1-7-9-17-54-50(76)38(59-41(28-68)30(3)4)21-44(71)48(57-34(23-63)15-16-46(53)73)61-52(78)40(60-42(29-69)31(5)8-2)22-45(72)49(58-35(24-64)18-33-13-11-10-12-14-33)62-51(77)39(56-36(25-65)19-47(74)75)20-43(70)32(6)55-37(26-66)27-67/h7,10-14,23-26,28-32,34-42,48-49,55-60,67H,1,8-9,15-22,27H2,2-6H3,(H2,53,73)(H,54,76)(H,61,78)(H,62,77)(H,74,75)/t31-,32+,34-,35-,36-,37+,38+,39+,40+,41+,42+,48+,49+/m0/s1. The predicted octanol–water partition coefficient (Wildman–Crippen LogP) is -3.44. The number of rotatable bonds is 46. The summed E-state index contributed by atoms with van der Waals surface area (Å²) in [5, 5.41) is 42.6. The molecule has 1 rings (SSSR count). The molecule has 1 aromatic carbocycles. The maximum Gasteiger partial charge on any atom is 0.305 e. The monoisotopic (exact) mass is 1100 g/mol. The molecule has 0 fully saturated rings. The third kappa shape index (κ3) is 25.9. The van der Waals surface area contributed by atoms with Crippen molar-refractivity contribution in [2.24, 2.45) is 17.6 Å². The lowest BCUT2D eigenvalue weighted by atomic mass is 9.97. The Bertz CT molecular complexity index is 2180. The molecule has 4 amide bonds. The molecule has 0 bridgehead atoms. The van der Waals surface area contributed by atoms with E-state index < -0.39 is 158 Å². The van der Waals surface area contributed by atoms with E-state index >= 15 is 0 Å². The van der Waals surface area contributed by atoms with Gasteiger partial charge in [-0.25, -0.2) is 0 Å². The van der Waals surface area contributed by atoms with Crippen molar-refractivity contribution < 1.29 is 77.3 Å². The van der Waals surface area contributed by atoms with Gasteiger partial charge in [-0.1, -0.05) is 70.5 Å². The largest absolute Gasteiger partial charge is 0.481 e. The van der Waals surface area contributed by atoms with Crippen molar-refractivity contribution in [2.75, 3.05) is 13.2 Å². The van der Waals surface area contributed by atoms with Gasteiger partial charge in [-0.15, -0.1) is 6.58 Å². The van der Waals surface area contributed by atoms with E-state index in [-0.39, 0.29) is 38.0 Å². The highest BCUT2D eigenvalue weighted by Crippen LogP contribution is 2.13. The number of carbonyl (C=O) groups excluding carboxylic acids is 13. The minimum absolute atomic E-state index is 0.0820. The van der Waals surface area contributed by atoms with Crippen molar-refractivity contribution in [1.82, 2.24) is 47.9 Å². The minimum Gasteiger partial charge on any atom is -0.481 e. The van der Waals surface area contributed by atoms with Gasteiger partial charge in [-0.3, -0.25) is 70.3 Å². The number of hydrogen-bond donors (Lipinski definition) is 12. The molecule has 0 spiro atoms. The summed E-state index contributed by atoms with van der Waals surface area (Å²) in [5.41, 5.74) is 5.91. The highest BCUT2D eigenvalue weighted by molar-refractivity contribution is 5.99. The van der Waals surface area contributed by atoms with E-state index in [0.717, 1.165) is 0 Å². The van der Waals surface area contributed by atoms with Crippen molar-refractivity contribution in [3.63, 3.8) is 0 Å². The highest BCUT2D eigenvalue weighted by Gasteiger charge is 2.37. The number of aliphatic carboxylic acids is 1. The smallest absolute Gasteiger partial charge is 0.305 e. The van der Waals surface area contributed by atoms with Crippen LogP contribution in [0, 0.1) is 11.8 Å². The molecule has 26 heteroatoms. The molecule has 0 aliphatic rings. The van der Waals surface area contributed by atoms with Crippen molar-refractivity contribution in [1.29, 1.82) is 0 Å². The van der Waals surface area contributed by atoms with Crippen LogP contribution in [0.2, 0.25) is 0 Å². The van der Waals surface area contributed by atoms with Gasteiger partial charge in [0.05, 0.1) is 73.4 Å². The zero-order valence-corrected chi connectivity index (χ0v) is 44.7. The molecule has 1 aromatic rings. The topological polar surface area (TPSA) is 414 Å². The van der Waals surface area contributed by atoms with Crippen LogP contribution in [0.15, 0.2) is 43.0 Å². The molecule has 0 aliphatic carbocycles. The summed E-state index contributed by atoms with van der Waals surface area (Å²) < 4.78 is 0. The van der Waals surface area contributed by atoms with Crippen LogP contribution in [-0.4, -0.2) is 181 Å². The first-order valence-electron chi connectivity index (χ1n) is 25.6. The van der Waals surface area contributed by atoms with Gasteiger partial charge in [-0.05, 0) is 43.6 Å². The first-order chi connectivity index (χ1) is 37.0. The number of nitrogens with one attached hydrogen (secondary N) is 9. The molecular formula is C52H78N10O16. The van der Waals surface area contributed by atoms with Crippen molar-refractivity contribution in [2.45, 2.75) is 165 Å². The highest BCUT2D eigenvalue weighted by atomic mass is 16.4. The molecule has 26 nitrogen and oxygen atoms in total. The number of carbonyl (C=O) groups is 14. The second-order valence-electron chi connectivity index (χ2n) is 19.0. The number of carboxylic acid groups (broad SMARTS) is 1. The first kappa shape index (κ1) is 69.1. The van der Waals surface area contributed by atoms with E-state index in [4.69, 9.17) is 5.73 Å². The second-order valence-corrected chi connectivity index (χ2v) is 19.0. The van der Waals surface area contributed by atoms with Gasteiger partial charge >= 0.3 is 5.97 Å². The Labute approximate surface area is 453 Å². The number of ketones is 3. The van der Waals surface area contributed by atoms with E-state index in [1.807, 2.05) is 0 Å². The summed E-state index contributed by atoms with van der Waals surface area (Å²) in [6, 6.07) is -5.39. The molecular weight excluding hydrogens is 1020 g/mol. The van der Waals surface area contributed by atoms with Gasteiger partial charge in [0, 0.05) is 32.2 Å². The van der Waals surface area contributed by atoms with E-state index in [1.165, 1.54) is 13.0 Å². The summed E-state index contributed by atoms with van der Waals surface area (Å²) in [4.78, 5) is 182. The Morgan fingerprint density at radius 2 is 1.10 bits per heavy atom. The number of carboxylic acids is 1. The number of amides is 4. The number of benzene rings is 1. The first-order valence-corrected chi connectivity index (χ1v) is 25.6. The lowest BCUT2D eigenvalue weighted by molar-refractivity contribution is -0.139. The summed E-state index contributed by atoms with van der Waals surface area (Å²) >= 11 is 0. The Kier molecular flexibility index (Phi) is 33.4. The Balaban J connectivity index is 4.07. The fourth-order valence-electron chi connectivity index (χ4n) is 7.55. The number of Topliss-reactive ketones (excluding diaryl/α,β-unsaturated/α-hetero) is 3. The third-order valence-corrected chi connectivity index (χ3v) is 12.5. The number of nitrogens with two attached hydrogens (primary N) is 1. The number of aliphatic hydroxyl groups is 1. The van der Waals surface area contributed by atoms with Crippen LogP contribution in [0.3, 0.4) is 0 Å². The fourth-order valence-corrected chi connectivity index (χ4v) is 7.55. The zero-order valence-electron chi connectivity index (χ0n) is 44.7. The lowest BCUT2D eigenvalue weighted by Gasteiger charge is -2.31. The van der Waals surface area contributed by atoms with Gasteiger partial charge in [0.2, 0.25) is 23.6 Å². The molecule has 0 saturated heterocycles. The Morgan fingerprint density at radius 1 is 0.603 bits per heavy atom. The molecule has 0 saturated carbocycles. The molecule has 0 aliphatic heterocycles. The van der Waals surface area contributed by atoms with Gasteiger partial charge in [0.15, 0.2) is 17.3 Å². The Morgan fingerprint density at radius 3 is 1.56 bits per heavy atom. The molecule has 0 aromatic heterocycles. The van der Waals surface area contributed by atoms with E-state index in [0.29, 0.717) is 49.8 Å². The SMILES string of the molecule is C=CCCNC(=O)[C@@H](CC(=O)[C@@H](NC(=O)[C@@H](CC(=O)[C@@H](NC(=O)[C@@H](CC(=O)[C@@H](C)N[C@H](C=O)CO)N[C@H](C=O)CC(=O)O)N[C@H](C=O)Cc1ccccc1)N[C@H](C=O)[C@@H](C)CC)N[C@H](C=O)CCC(N)=O)N[C@H](C=O)C(C)C. The summed E-state index contributed by atoms with van der Waals surface area (Å²) in [6.45, 7) is 11.0. The van der Waals surface area contributed by atoms with E-state index in [1.54, 1.807) is 58.0 Å². The number of hydrogen-bond acceptors (Lipinski definition) is 21. The maximum absolute atomic E-state index is 14.8. The van der Waals surface area contributed by atoms with Crippen molar-refractivity contribution in [3.05, 3.63) is 48.6 Å². The Hall–Kier alpha value is -6.94. The molecule has 0 unspecified atom stereocenters. The van der Waals surface area contributed by atoms with Crippen LogP contribution >= 0.6 is 0 Å². The quantitative estimate of drug-likeness (QED) is 0.0131. The fraction of sp³-hybridized carbons (Fsp3) is 0.577. The van der Waals surface area contributed by atoms with Gasteiger partial charge < -0.3 is 60.7 Å².